The van der Waals surface area contributed by atoms with Gasteiger partial charge in [-0.25, -0.2) is 9.69 Å². The van der Waals surface area contributed by atoms with Crippen LogP contribution in [0.15, 0.2) is 48.5 Å². The molecule has 0 radical (unpaired) electrons. The van der Waals surface area contributed by atoms with E-state index in [1.165, 1.54) is 29.2 Å². The van der Waals surface area contributed by atoms with Gasteiger partial charge in [0.2, 0.25) is 5.91 Å². The summed E-state index contributed by atoms with van der Waals surface area (Å²) in [5.74, 6) is -1.51. The van der Waals surface area contributed by atoms with Crippen LogP contribution >= 0.6 is 0 Å². The van der Waals surface area contributed by atoms with Gasteiger partial charge in [-0.15, -0.1) is 0 Å². The van der Waals surface area contributed by atoms with E-state index < -0.39 is 12.0 Å². The van der Waals surface area contributed by atoms with Crippen LogP contribution in [0.25, 0.3) is 0 Å². The number of esters is 1. The molecule has 9 nitrogen and oxygen atoms in total. The van der Waals surface area contributed by atoms with Gasteiger partial charge in [0.15, 0.2) is 12.4 Å². The highest BCUT2D eigenvalue weighted by Crippen LogP contribution is 2.27. The minimum absolute atomic E-state index is 0.0984. The van der Waals surface area contributed by atoms with Gasteiger partial charge in [0, 0.05) is 38.3 Å². The number of amides is 2. The van der Waals surface area contributed by atoms with E-state index in [1.807, 2.05) is 24.0 Å². The van der Waals surface area contributed by atoms with Crippen LogP contribution in [0.2, 0.25) is 0 Å². The summed E-state index contributed by atoms with van der Waals surface area (Å²) in [7, 11) is 0. The molecule has 1 atom stereocenters. The molecule has 0 bridgehead atoms. The van der Waals surface area contributed by atoms with Crippen LogP contribution in [0.1, 0.15) is 32.7 Å². The smallest absolute Gasteiger partial charge is 0.338 e. The maximum atomic E-state index is 13.1. The Morgan fingerprint density at radius 2 is 1.57 bits per heavy atom. The average Bonchev–Trinajstić information content (AvgIpc) is 3.17. The molecular formula is C26H29N3O6. The minimum atomic E-state index is -0.658. The number of nitrogens with zero attached hydrogens (tertiary/aromatic N) is 3. The van der Waals surface area contributed by atoms with E-state index in [0.29, 0.717) is 30.9 Å². The summed E-state index contributed by atoms with van der Waals surface area (Å²) in [5.41, 5.74) is 2.12. The number of aryl methyl sites for hydroxylation is 1. The lowest BCUT2D eigenvalue weighted by Gasteiger charge is -2.36. The first-order valence-electron chi connectivity index (χ1n) is 11.7. The van der Waals surface area contributed by atoms with Crippen LogP contribution in [-0.2, 0) is 14.3 Å². The Kier molecular flexibility index (Phi) is 7.70. The third-order valence-electron chi connectivity index (χ3n) is 6.46. The maximum absolute atomic E-state index is 13.1. The number of rotatable bonds is 8. The summed E-state index contributed by atoms with van der Waals surface area (Å²) in [6.07, 6.45) is 0.115. The SMILES string of the molecule is Cc1ccc(C(=O)COC(=O)c2ccc(N3C(=O)CC(N4CCN(CCO)CC4)C3=O)cc2)cc1. The summed E-state index contributed by atoms with van der Waals surface area (Å²) in [6.45, 7) is 5.03. The largest absolute Gasteiger partial charge is 0.454 e. The van der Waals surface area contributed by atoms with Crippen molar-refractivity contribution in [2.75, 3.05) is 50.8 Å². The van der Waals surface area contributed by atoms with Crippen LogP contribution in [0, 0.1) is 6.92 Å². The topological polar surface area (TPSA) is 107 Å². The van der Waals surface area contributed by atoms with Crippen LogP contribution < -0.4 is 4.90 Å². The summed E-state index contributed by atoms with van der Waals surface area (Å²) >= 11 is 0. The highest BCUT2D eigenvalue weighted by molar-refractivity contribution is 6.22. The number of piperazine rings is 1. The number of imide groups is 1. The Morgan fingerprint density at radius 3 is 2.20 bits per heavy atom. The van der Waals surface area contributed by atoms with Crippen molar-refractivity contribution in [3.8, 4) is 0 Å². The van der Waals surface area contributed by atoms with Crippen molar-refractivity contribution in [1.82, 2.24) is 9.80 Å². The van der Waals surface area contributed by atoms with Crippen molar-refractivity contribution in [1.29, 1.82) is 0 Å². The Balaban J connectivity index is 1.34. The monoisotopic (exact) mass is 479 g/mol. The normalized spacial score (nSPS) is 19.3. The predicted octanol–water partition coefficient (Wildman–Crippen LogP) is 1.28. The van der Waals surface area contributed by atoms with E-state index >= 15 is 0 Å². The first-order chi connectivity index (χ1) is 16.9. The standard InChI is InChI=1S/C26H29N3O6/c1-18-2-4-19(5-3-18)23(31)17-35-26(34)20-6-8-21(9-7-20)29-24(32)16-22(25(29)33)28-12-10-27(11-13-28)14-15-30/h2-9,22,30H,10-17H2,1H3. The van der Waals surface area contributed by atoms with Gasteiger partial charge >= 0.3 is 5.97 Å². The molecule has 0 saturated carbocycles. The number of ether oxygens (including phenoxy) is 1. The highest BCUT2D eigenvalue weighted by Gasteiger charge is 2.43. The molecule has 2 aliphatic heterocycles. The molecule has 2 aromatic rings. The van der Waals surface area contributed by atoms with Crippen LogP contribution in [-0.4, -0.2) is 90.5 Å². The number of aliphatic hydroxyl groups is 1. The van der Waals surface area contributed by atoms with E-state index in [2.05, 4.69) is 4.90 Å². The minimum Gasteiger partial charge on any atom is -0.454 e. The lowest BCUT2D eigenvalue weighted by Crippen LogP contribution is -2.52. The molecule has 0 aromatic heterocycles. The predicted molar refractivity (Wildman–Crippen MR) is 128 cm³/mol. The fraction of sp³-hybridized carbons (Fsp3) is 0.385. The van der Waals surface area contributed by atoms with Gasteiger partial charge in [-0.1, -0.05) is 29.8 Å². The zero-order valence-electron chi connectivity index (χ0n) is 19.7. The number of carbonyl (C=O) groups is 4. The van der Waals surface area contributed by atoms with Gasteiger partial charge in [0.1, 0.15) is 0 Å². The molecule has 2 aromatic carbocycles. The molecule has 0 aliphatic carbocycles. The van der Waals surface area contributed by atoms with Crippen molar-refractivity contribution >= 4 is 29.3 Å². The quantitative estimate of drug-likeness (QED) is 0.343. The average molecular weight is 480 g/mol. The highest BCUT2D eigenvalue weighted by atomic mass is 16.5. The van der Waals surface area contributed by atoms with Gasteiger partial charge in [-0.05, 0) is 31.2 Å². The Hall–Kier alpha value is -3.40. The Morgan fingerprint density at radius 1 is 0.943 bits per heavy atom. The van der Waals surface area contributed by atoms with Crippen LogP contribution in [0.3, 0.4) is 0 Å². The van der Waals surface area contributed by atoms with Gasteiger partial charge in [0.05, 0.1) is 30.3 Å². The third-order valence-corrected chi connectivity index (χ3v) is 6.46. The zero-order valence-corrected chi connectivity index (χ0v) is 19.7. The van der Waals surface area contributed by atoms with Gasteiger partial charge in [-0.2, -0.15) is 0 Å². The van der Waals surface area contributed by atoms with E-state index in [9.17, 15) is 19.2 Å². The molecule has 9 heteroatoms. The second-order valence-electron chi connectivity index (χ2n) is 8.80. The molecule has 1 unspecified atom stereocenters. The van der Waals surface area contributed by atoms with E-state index in [0.717, 1.165) is 18.7 Å². The Bertz CT molecular complexity index is 1090. The van der Waals surface area contributed by atoms with E-state index in [-0.39, 0.29) is 42.8 Å². The fourth-order valence-electron chi connectivity index (χ4n) is 4.40. The van der Waals surface area contributed by atoms with Crippen molar-refractivity contribution in [2.24, 2.45) is 0 Å². The van der Waals surface area contributed by atoms with E-state index in [4.69, 9.17) is 9.84 Å². The second-order valence-corrected chi connectivity index (χ2v) is 8.80. The first kappa shape index (κ1) is 24.7. The fourth-order valence-corrected chi connectivity index (χ4v) is 4.40. The van der Waals surface area contributed by atoms with Crippen molar-refractivity contribution in [3.63, 3.8) is 0 Å². The van der Waals surface area contributed by atoms with Crippen molar-refractivity contribution in [3.05, 3.63) is 65.2 Å². The number of ketones is 1. The van der Waals surface area contributed by atoms with Gasteiger partial charge < -0.3 is 9.84 Å². The number of Topliss-reactive ketones (excluding diaryl/α,β-unsaturated/α-hetero) is 1. The summed E-state index contributed by atoms with van der Waals surface area (Å²) in [6, 6.07) is 12.5. The van der Waals surface area contributed by atoms with Crippen LogP contribution in [0.4, 0.5) is 5.69 Å². The molecule has 35 heavy (non-hydrogen) atoms. The lowest BCUT2D eigenvalue weighted by atomic mass is 10.1. The molecule has 2 saturated heterocycles. The number of aliphatic hydroxyl groups excluding tert-OH is 1. The van der Waals surface area contributed by atoms with Crippen molar-refractivity contribution in [2.45, 2.75) is 19.4 Å². The molecular weight excluding hydrogens is 450 g/mol. The molecule has 1 N–H and O–H groups in total. The number of hydrogen-bond donors (Lipinski definition) is 1. The number of β-amino-alcohol motifs (C(OH)–C–C–N with tert-alkyl or cyclic N) is 1. The number of benzene rings is 2. The second kappa shape index (κ2) is 10.9. The first-order valence-corrected chi connectivity index (χ1v) is 11.7. The van der Waals surface area contributed by atoms with E-state index in [1.54, 1.807) is 12.1 Å². The maximum Gasteiger partial charge on any atom is 0.338 e. The molecule has 2 aliphatic rings. The third kappa shape index (κ3) is 5.64. The summed E-state index contributed by atoms with van der Waals surface area (Å²) < 4.78 is 5.14. The number of hydrogen-bond acceptors (Lipinski definition) is 8. The molecule has 2 amide bonds. The molecule has 184 valence electrons. The molecule has 4 rings (SSSR count). The molecule has 2 fully saturated rings. The lowest BCUT2D eigenvalue weighted by molar-refractivity contribution is -0.123. The van der Waals surface area contributed by atoms with Gasteiger partial charge in [0.25, 0.3) is 5.91 Å². The number of carbonyl (C=O) groups excluding carboxylic acids is 4. The summed E-state index contributed by atoms with van der Waals surface area (Å²) in [5, 5.41) is 9.09. The number of anilines is 1. The zero-order chi connectivity index (χ0) is 24.9. The Labute approximate surface area is 203 Å². The summed E-state index contributed by atoms with van der Waals surface area (Å²) in [4.78, 5) is 55.6. The van der Waals surface area contributed by atoms with Crippen molar-refractivity contribution < 1.29 is 29.0 Å². The van der Waals surface area contributed by atoms with Crippen LogP contribution in [0.5, 0.6) is 0 Å². The molecule has 0 spiro atoms. The van der Waals surface area contributed by atoms with Gasteiger partial charge in [-0.3, -0.25) is 24.2 Å². The molecule has 2 heterocycles.